The van der Waals surface area contributed by atoms with Crippen molar-refractivity contribution in [3.8, 4) is 0 Å². The molecule has 0 radical (unpaired) electrons. The number of unbranched alkanes of at least 4 members (excludes halogenated alkanes) is 16. The Labute approximate surface area is 355 Å². The van der Waals surface area contributed by atoms with Crippen LogP contribution in [0.3, 0.4) is 0 Å². The lowest BCUT2D eigenvalue weighted by Crippen LogP contribution is -2.47. The summed E-state index contributed by atoms with van der Waals surface area (Å²) in [4.78, 5) is 35.3. The van der Waals surface area contributed by atoms with Crippen LogP contribution in [0.25, 0.3) is 0 Å². The summed E-state index contributed by atoms with van der Waals surface area (Å²) >= 11 is 0. The van der Waals surface area contributed by atoms with Crippen molar-refractivity contribution >= 4 is 19.8 Å². The van der Waals surface area contributed by atoms with Gasteiger partial charge < -0.3 is 39.9 Å². The van der Waals surface area contributed by atoms with E-state index in [1.54, 1.807) is 0 Å². The summed E-state index contributed by atoms with van der Waals surface area (Å²) in [5.74, 6) is -1.15. The van der Waals surface area contributed by atoms with Crippen LogP contribution < -0.4 is 0 Å². The van der Waals surface area contributed by atoms with Gasteiger partial charge in [-0.05, 0) is 103 Å². The van der Waals surface area contributed by atoms with Crippen molar-refractivity contribution in [3.63, 3.8) is 0 Å². The van der Waals surface area contributed by atoms with Crippen molar-refractivity contribution in [2.45, 2.75) is 198 Å². The summed E-state index contributed by atoms with van der Waals surface area (Å²) in [7, 11) is -4.91. The molecule has 6 atom stereocenters. The minimum absolute atomic E-state index is 0.0549. The van der Waals surface area contributed by atoms with Crippen LogP contribution in [0.1, 0.15) is 168 Å². The van der Waals surface area contributed by atoms with E-state index in [4.69, 9.17) is 23.6 Å². The number of hydrogen-bond acceptors (Lipinski definition) is 12. The number of phosphoric ester groups is 1. The molecule has 0 aliphatic carbocycles. The quantitative estimate of drug-likeness (QED) is 0.0147. The molecular formula is C45H81O13P. The topological polar surface area (TPSA) is 210 Å². The van der Waals surface area contributed by atoms with Crippen LogP contribution in [0.5, 0.6) is 0 Å². The van der Waals surface area contributed by atoms with Crippen molar-refractivity contribution in [2.24, 2.45) is 0 Å². The van der Waals surface area contributed by atoms with Gasteiger partial charge in [0.25, 0.3) is 0 Å². The molecule has 6 N–H and O–H groups in total. The van der Waals surface area contributed by atoms with Crippen LogP contribution in [0.15, 0.2) is 48.6 Å². The van der Waals surface area contributed by atoms with E-state index in [1.165, 1.54) is 51.4 Å². The number of hydrogen-bond donors (Lipinski definition) is 6. The van der Waals surface area contributed by atoms with E-state index in [9.17, 15) is 39.5 Å². The molecule has 0 aromatic rings. The fourth-order valence-electron chi connectivity index (χ4n) is 5.76. The van der Waals surface area contributed by atoms with E-state index in [0.717, 1.165) is 64.2 Å². The minimum Gasteiger partial charge on any atom is -0.462 e. The Hall–Kier alpha value is -2.19. The third-order valence-corrected chi connectivity index (χ3v) is 10.4. The molecule has 1 unspecified atom stereocenters. The van der Waals surface area contributed by atoms with Gasteiger partial charge >= 0.3 is 19.8 Å². The highest BCUT2D eigenvalue weighted by atomic mass is 31.2. The van der Waals surface area contributed by atoms with E-state index in [0.29, 0.717) is 25.7 Å². The minimum atomic E-state index is -4.91. The average Bonchev–Trinajstić information content (AvgIpc) is 3.22. The maximum absolute atomic E-state index is 12.7. The monoisotopic (exact) mass is 861 g/mol. The molecule has 0 aromatic heterocycles. The maximum Gasteiger partial charge on any atom is 0.472 e. The van der Waals surface area contributed by atoms with Gasteiger partial charge in [-0.1, -0.05) is 101 Å². The summed E-state index contributed by atoms with van der Waals surface area (Å²) < 4.78 is 32.9. The van der Waals surface area contributed by atoms with Gasteiger partial charge in [-0.3, -0.25) is 18.6 Å². The Bertz CT molecular complexity index is 1170. The first-order chi connectivity index (χ1) is 28.5. The molecule has 0 saturated carbocycles. The molecule has 0 aliphatic heterocycles. The van der Waals surface area contributed by atoms with Crippen molar-refractivity contribution in [1.82, 2.24) is 0 Å². The molecule has 344 valence electrons. The molecule has 0 aromatic carbocycles. The van der Waals surface area contributed by atoms with Crippen molar-refractivity contribution in [2.75, 3.05) is 26.4 Å². The Morgan fingerprint density at radius 2 is 0.881 bits per heavy atom. The molecule has 0 heterocycles. The Morgan fingerprint density at radius 1 is 0.508 bits per heavy atom. The van der Waals surface area contributed by atoms with E-state index in [-0.39, 0.29) is 12.8 Å². The summed E-state index contributed by atoms with van der Waals surface area (Å²) in [6.07, 6.45) is 32.1. The van der Waals surface area contributed by atoms with Gasteiger partial charge in [0.1, 0.15) is 31.0 Å². The lowest BCUT2D eigenvalue weighted by molar-refractivity contribution is -0.161. The lowest BCUT2D eigenvalue weighted by Gasteiger charge is -2.26. The summed E-state index contributed by atoms with van der Waals surface area (Å²) in [5.41, 5.74) is 0. The third-order valence-electron chi connectivity index (χ3n) is 9.49. The standard InChI is InChI=1S/C45H81O13P/c1-3-5-7-9-11-13-15-17-19-21-23-25-27-29-31-33-42(49)55-36-39(37-56-59(53,54)57-38-41(48)45(52)44(51)40(47)35-46)58-43(50)34-32-30-28-26-24-22-20-18-16-14-12-10-8-6-4-2/h13-16,25-28,39-41,44-48,51-52H,3-12,17-24,29-38H2,1-2H3,(H,53,54)/t39-,40-,41-,44-,45-/m1/s1. The van der Waals surface area contributed by atoms with Gasteiger partial charge in [0.15, 0.2) is 6.10 Å². The van der Waals surface area contributed by atoms with Crippen LogP contribution in [-0.2, 0) is 32.7 Å². The van der Waals surface area contributed by atoms with Gasteiger partial charge in [-0.2, -0.15) is 0 Å². The number of carbonyl (C=O) groups is 2. The zero-order valence-corrected chi connectivity index (χ0v) is 37.2. The summed E-state index contributed by atoms with van der Waals surface area (Å²) in [6.45, 7) is 1.41. The fourth-order valence-corrected chi connectivity index (χ4v) is 6.53. The van der Waals surface area contributed by atoms with Crippen LogP contribution in [0.4, 0.5) is 0 Å². The van der Waals surface area contributed by atoms with Crippen LogP contribution in [-0.4, -0.2) is 99.3 Å². The second-order valence-corrected chi connectivity index (χ2v) is 16.5. The van der Waals surface area contributed by atoms with Gasteiger partial charge in [0.2, 0.25) is 0 Å². The first-order valence-electron chi connectivity index (χ1n) is 22.4. The molecule has 0 bridgehead atoms. The smallest absolute Gasteiger partial charge is 0.462 e. The average molecular weight is 861 g/mol. The Balaban J connectivity index is 4.76. The van der Waals surface area contributed by atoms with E-state index >= 15 is 0 Å². The second-order valence-electron chi connectivity index (χ2n) is 15.1. The number of allylic oxidation sites excluding steroid dienone is 8. The van der Waals surface area contributed by atoms with Gasteiger partial charge in [-0.25, -0.2) is 4.57 Å². The third kappa shape index (κ3) is 36.2. The SMILES string of the molecule is CCCCCCC=CCCCCC=CCCCC(=O)OC[C@H](COP(=O)(O)OC[C@@H](O)[C@@H](O)[C@H](O)[C@H](O)CO)OC(=O)CCCC=CCCCCC=CCCCCCC. The van der Waals surface area contributed by atoms with Crippen molar-refractivity contribution < 1.29 is 63.1 Å². The van der Waals surface area contributed by atoms with Gasteiger partial charge in [-0.15, -0.1) is 0 Å². The van der Waals surface area contributed by atoms with Crippen LogP contribution in [0.2, 0.25) is 0 Å². The molecule has 0 rings (SSSR count). The molecule has 14 heteroatoms. The molecule has 0 amide bonds. The predicted octanol–water partition coefficient (Wildman–Crippen LogP) is 8.64. The molecule has 0 spiro atoms. The normalized spacial score (nSPS) is 15.9. The molecule has 0 aliphatic rings. The fraction of sp³-hybridized carbons (Fsp3) is 0.778. The second kappa shape index (κ2) is 39.9. The maximum atomic E-state index is 12.7. The van der Waals surface area contributed by atoms with E-state index in [2.05, 4.69) is 50.3 Å². The molecule has 0 saturated heterocycles. The molecule has 0 fully saturated rings. The van der Waals surface area contributed by atoms with E-state index < -0.39 is 76.7 Å². The molecule has 13 nitrogen and oxygen atoms in total. The number of rotatable bonds is 41. The first kappa shape index (κ1) is 56.8. The first-order valence-corrected chi connectivity index (χ1v) is 23.9. The van der Waals surface area contributed by atoms with Gasteiger partial charge in [0.05, 0.1) is 19.8 Å². The van der Waals surface area contributed by atoms with Crippen LogP contribution >= 0.6 is 7.82 Å². The lowest BCUT2D eigenvalue weighted by atomic mass is 10.0. The zero-order chi connectivity index (χ0) is 43.8. The number of ether oxygens (including phenoxy) is 2. The molecular weight excluding hydrogens is 779 g/mol. The highest BCUT2D eigenvalue weighted by molar-refractivity contribution is 7.47. The van der Waals surface area contributed by atoms with Gasteiger partial charge in [0, 0.05) is 12.8 Å². The summed E-state index contributed by atoms with van der Waals surface area (Å²) in [5, 5.41) is 48.1. The van der Waals surface area contributed by atoms with Crippen molar-refractivity contribution in [1.29, 1.82) is 0 Å². The van der Waals surface area contributed by atoms with Crippen LogP contribution in [0, 0.1) is 0 Å². The Morgan fingerprint density at radius 3 is 1.31 bits per heavy atom. The number of carbonyl (C=O) groups excluding carboxylic acids is 2. The molecule has 59 heavy (non-hydrogen) atoms. The van der Waals surface area contributed by atoms with Crippen molar-refractivity contribution in [3.05, 3.63) is 48.6 Å². The number of phosphoric acid groups is 1. The largest absolute Gasteiger partial charge is 0.472 e. The van der Waals surface area contributed by atoms with E-state index in [1.807, 2.05) is 12.2 Å². The highest BCUT2D eigenvalue weighted by Crippen LogP contribution is 2.43. The number of aliphatic hydroxyl groups excluding tert-OH is 5. The Kier molecular flexibility index (Phi) is 38.4. The number of aliphatic hydroxyl groups is 5. The highest BCUT2D eigenvalue weighted by Gasteiger charge is 2.33. The predicted molar refractivity (Wildman–Crippen MR) is 232 cm³/mol. The zero-order valence-electron chi connectivity index (χ0n) is 36.3. The number of esters is 2. The summed E-state index contributed by atoms with van der Waals surface area (Å²) in [6, 6.07) is 0.